The first-order chi connectivity index (χ1) is 10.1. The smallest absolute Gasteiger partial charge is 0.225 e. The van der Waals surface area contributed by atoms with E-state index < -0.39 is 6.10 Å². The molecule has 0 aliphatic carbocycles. The number of carbonyl (C=O) groups excluding carboxylic acids is 1. The van der Waals surface area contributed by atoms with Crippen LogP contribution in [0.4, 0.5) is 0 Å². The molecule has 1 rings (SSSR count). The normalized spacial score (nSPS) is 19.3. The molecule has 0 spiro atoms. The van der Waals surface area contributed by atoms with Crippen molar-refractivity contribution in [2.45, 2.75) is 66.9 Å². The van der Waals surface area contributed by atoms with E-state index in [-0.39, 0.29) is 22.7 Å². The van der Waals surface area contributed by atoms with E-state index in [1.165, 1.54) is 0 Å². The highest BCUT2D eigenvalue weighted by Crippen LogP contribution is 2.32. The Morgan fingerprint density at radius 1 is 1.23 bits per heavy atom. The van der Waals surface area contributed by atoms with E-state index in [4.69, 9.17) is 4.74 Å². The highest BCUT2D eigenvalue weighted by molar-refractivity contribution is 5.81. The first-order valence-electron chi connectivity index (χ1n) is 8.60. The van der Waals surface area contributed by atoms with Crippen molar-refractivity contribution in [2.24, 2.45) is 22.7 Å². The van der Waals surface area contributed by atoms with Crippen LogP contribution in [0.2, 0.25) is 0 Å². The van der Waals surface area contributed by atoms with E-state index >= 15 is 0 Å². The summed E-state index contributed by atoms with van der Waals surface area (Å²) in [6, 6.07) is 0. The van der Waals surface area contributed by atoms with Gasteiger partial charge in [0.1, 0.15) is 0 Å². The largest absolute Gasteiger partial charge is 0.392 e. The zero-order chi connectivity index (χ0) is 17.0. The first kappa shape index (κ1) is 19.4. The van der Waals surface area contributed by atoms with Crippen molar-refractivity contribution in [2.75, 3.05) is 19.8 Å². The zero-order valence-electron chi connectivity index (χ0n) is 15.2. The highest BCUT2D eigenvalue weighted by atomic mass is 16.5. The van der Waals surface area contributed by atoms with Gasteiger partial charge < -0.3 is 15.2 Å². The number of hydrogen-bond donors (Lipinski definition) is 2. The van der Waals surface area contributed by atoms with Crippen LogP contribution in [0.1, 0.15) is 60.8 Å². The monoisotopic (exact) mass is 313 g/mol. The summed E-state index contributed by atoms with van der Waals surface area (Å²) < 4.78 is 5.39. The third kappa shape index (κ3) is 5.54. The van der Waals surface area contributed by atoms with Gasteiger partial charge in [0.15, 0.2) is 0 Å². The van der Waals surface area contributed by atoms with E-state index in [2.05, 4.69) is 5.32 Å². The molecule has 1 aliphatic heterocycles. The Labute approximate surface area is 136 Å². The number of nitrogens with one attached hydrogen (secondary N) is 1. The fourth-order valence-electron chi connectivity index (χ4n) is 3.32. The Kier molecular flexibility index (Phi) is 6.87. The van der Waals surface area contributed by atoms with Crippen molar-refractivity contribution in [3.63, 3.8) is 0 Å². The number of aliphatic hydroxyl groups is 1. The van der Waals surface area contributed by atoms with Gasteiger partial charge in [0.25, 0.3) is 0 Å². The fraction of sp³-hybridized carbons (Fsp3) is 0.944. The summed E-state index contributed by atoms with van der Waals surface area (Å²) in [6.07, 6.45) is 2.57. The number of aliphatic hydroxyl groups excluding tert-OH is 1. The van der Waals surface area contributed by atoms with Crippen LogP contribution in [0.3, 0.4) is 0 Å². The lowest BCUT2D eigenvalue weighted by molar-refractivity contribution is -0.131. The molecule has 0 radical (unpaired) electrons. The molecule has 1 saturated heterocycles. The molecule has 1 fully saturated rings. The number of hydrogen-bond acceptors (Lipinski definition) is 3. The van der Waals surface area contributed by atoms with Gasteiger partial charge in [-0.3, -0.25) is 4.79 Å². The quantitative estimate of drug-likeness (QED) is 0.759. The average molecular weight is 313 g/mol. The maximum Gasteiger partial charge on any atom is 0.225 e. The summed E-state index contributed by atoms with van der Waals surface area (Å²) in [7, 11) is 0. The SMILES string of the molecule is CC(C)C(O)C(C)(C)CNC(=O)C(C)(C)CC1CCOCC1. The van der Waals surface area contributed by atoms with E-state index in [0.29, 0.717) is 12.5 Å². The minimum atomic E-state index is -0.425. The Morgan fingerprint density at radius 2 is 1.77 bits per heavy atom. The van der Waals surface area contributed by atoms with Crippen LogP contribution in [0, 0.1) is 22.7 Å². The Hall–Kier alpha value is -0.610. The van der Waals surface area contributed by atoms with Crippen LogP contribution in [-0.2, 0) is 9.53 Å². The number of amides is 1. The minimum absolute atomic E-state index is 0.0861. The van der Waals surface area contributed by atoms with E-state index in [9.17, 15) is 9.90 Å². The molecule has 22 heavy (non-hydrogen) atoms. The standard InChI is InChI=1S/C18H35NO3/c1-13(2)15(20)18(5,6)12-19-16(21)17(3,4)11-14-7-9-22-10-8-14/h13-15,20H,7-12H2,1-6H3,(H,19,21). The number of carbonyl (C=O) groups is 1. The molecule has 0 aromatic carbocycles. The van der Waals surface area contributed by atoms with Gasteiger partial charge in [0.2, 0.25) is 5.91 Å². The van der Waals surface area contributed by atoms with Crippen LogP contribution in [-0.4, -0.2) is 36.9 Å². The number of rotatable bonds is 7. The second-order valence-electron chi connectivity index (χ2n) is 8.50. The van der Waals surface area contributed by atoms with E-state index in [1.54, 1.807) is 0 Å². The van der Waals surface area contributed by atoms with Crippen molar-refractivity contribution in [1.29, 1.82) is 0 Å². The van der Waals surface area contributed by atoms with Crippen molar-refractivity contribution < 1.29 is 14.6 Å². The summed E-state index contributed by atoms with van der Waals surface area (Å²) in [5.74, 6) is 0.842. The van der Waals surface area contributed by atoms with Crippen molar-refractivity contribution >= 4 is 5.91 Å². The van der Waals surface area contributed by atoms with E-state index in [0.717, 1.165) is 32.5 Å². The fourth-order valence-corrected chi connectivity index (χ4v) is 3.32. The first-order valence-corrected chi connectivity index (χ1v) is 8.60. The van der Waals surface area contributed by atoms with Gasteiger partial charge in [-0.1, -0.05) is 41.5 Å². The molecule has 4 heteroatoms. The predicted octanol–water partition coefficient (Wildman–Crippen LogP) is 2.99. The average Bonchev–Trinajstić information content (AvgIpc) is 2.44. The third-order valence-corrected chi connectivity index (χ3v) is 4.89. The maximum atomic E-state index is 12.6. The molecular formula is C18H35NO3. The molecule has 0 bridgehead atoms. The van der Waals surface area contributed by atoms with Crippen LogP contribution in [0.25, 0.3) is 0 Å². The van der Waals surface area contributed by atoms with Gasteiger partial charge in [-0.2, -0.15) is 0 Å². The lowest BCUT2D eigenvalue weighted by atomic mass is 9.78. The highest BCUT2D eigenvalue weighted by Gasteiger charge is 2.35. The van der Waals surface area contributed by atoms with Crippen LogP contribution in [0.5, 0.6) is 0 Å². The zero-order valence-corrected chi connectivity index (χ0v) is 15.2. The summed E-state index contributed by atoms with van der Waals surface area (Å²) in [4.78, 5) is 12.6. The molecule has 1 atom stereocenters. The minimum Gasteiger partial charge on any atom is -0.392 e. The Balaban J connectivity index is 2.51. The van der Waals surface area contributed by atoms with Crippen molar-refractivity contribution in [1.82, 2.24) is 5.32 Å². The van der Waals surface area contributed by atoms with Gasteiger partial charge >= 0.3 is 0 Å². The van der Waals surface area contributed by atoms with Crippen molar-refractivity contribution in [3.05, 3.63) is 0 Å². The third-order valence-electron chi connectivity index (χ3n) is 4.89. The molecule has 4 nitrogen and oxygen atoms in total. The van der Waals surface area contributed by atoms with Gasteiger partial charge in [0, 0.05) is 30.6 Å². The van der Waals surface area contributed by atoms with E-state index in [1.807, 2.05) is 41.5 Å². The second-order valence-corrected chi connectivity index (χ2v) is 8.50. The molecule has 0 aromatic heterocycles. The van der Waals surface area contributed by atoms with Crippen LogP contribution < -0.4 is 5.32 Å². The molecule has 1 amide bonds. The molecule has 1 aliphatic rings. The maximum absolute atomic E-state index is 12.6. The van der Waals surface area contributed by atoms with Gasteiger partial charge in [-0.25, -0.2) is 0 Å². The lowest BCUT2D eigenvalue weighted by Gasteiger charge is -2.35. The van der Waals surface area contributed by atoms with Crippen LogP contribution >= 0.6 is 0 Å². The molecule has 1 unspecified atom stereocenters. The molecule has 130 valence electrons. The Morgan fingerprint density at radius 3 is 2.27 bits per heavy atom. The van der Waals surface area contributed by atoms with Crippen LogP contribution in [0.15, 0.2) is 0 Å². The molecular weight excluding hydrogens is 278 g/mol. The lowest BCUT2D eigenvalue weighted by Crippen LogP contribution is -2.47. The summed E-state index contributed by atoms with van der Waals surface area (Å²) >= 11 is 0. The van der Waals surface area contributed by atoms with Gasteiger partial charge in [0.05, 0.1) is 6.10 Å². The molecule has 2 N–H and O–H groups in total. The second kappa shape index (κ2) is 7.78. The summed E-state index contributed by atoms with van der Waals surface area (Å²) in [6.45, 7) is 14.2. The summed E-state index contributed by atoms with van der Waals surface area (Å²) in [5, 5.41) is 13.3. The Bertz CT molecular complexity index is 357. The van der Waals surface area contributed by atoms with Crippen molar-refractivity contribution in [3.8, 4) is 0 Å². The van der Waals surface area contributed by atoms with Gasteiger partial charge in [-0.05, 0) is 31.1 Å². The molecule has 0 saturated carbocycles. The number of ether oxygens (including phenoxy) is 1. The molecule has 0 aromatic rings. The topological polar surface area (TPSA) is 58.6 Å². The van der Waals surface area contributed by atoms with Gasteiger partial charge in [-0.15, -0.1) is 0 Å². The summed E-state index contributed by atoms with van der Waals surface area (Å²) in [5.41, 5.74) is -0.695. The molecule has 1 heterocycles. The predicted molar refractivity (Wildman–Crippen MR) is 89.6 cm³/mol.